The van der Waals surface area contributed by atoms with Crippen molar-refractivity contribution in [2.75, 3.05) is 6.54 Å². The molecule has 0 spiro atoms. The van der Waals surface area contributed by atoms with Gasteiger partial charge in [0.2, 0.25) is 0 Å². The van der Waals surface area contributed by atoms with E-state index in [-0.39, 0.29) is 5.91 Å². The van der Waals surface area contributed by atoms with Crippen LogP contribution >= 0.6 is 15.9 Å². The van der Waals surface area contributed by atoms with Crippen molar-refractivity contribution in [2.45, 2.75) is 32.1 Å². The molecule has 1 N–H and O–H groups in total. The quantitative estimate of drug-likeness (QED) is 0.825. The molecule has 1 aromatic rings. The lowest BCUT2D eigenvalue weighted by Gasteiger charge is -2.13. The molecule has 0 atom stereocenters. The normalized spacial score (nSPS) is 14.9. The van der Waals surface area contributed by atoms with E-state index < -0.39 is 5.82 Å². The molecule has 0 fully saturated rings. The van der Waals surface area contributed by atoms with Crippen LogP contribution in [0.2, 0.25) is 0 Å². The van der Waals surface area contributed by atoms with Crippen molar-refractivity contribution in [3.8, 4) is 0 Å². The molecule has 0 saturated heterocycles. The van der Waals surface area contributed by atoms with Gasteiger partial charge in [-0.05, 0) is 66.2 Å². The third-order valence-corrected chi connectivity index (χ3v) is 3.98. The van der Waals surface area contributed by atoms with Gasteiger partial charge in [0.1, 0.15) is 5.82 Å². The van der Waals surface area contributed by atoms with Crippen LogP contribution < -0.4 is 5.32 Å². The van der Waals surface area contributed by atoms with E-state index in [9.17, 15) is 9.18 Å². The molecule has 2 nitrogen and oxygen atoms in total. The first-order valence-electron chi connectivity index (χ1n) is 6.58. The molecular weight excluding hydrogens is 309 g/mol. The second kappa shape index (κ2) is 6.85. The van der Waals surface area contributed by atoms with E-state index in [1.807, 2.05) is 0 Å². The van der Waals surface area contributed by atoms with Crippen molar-refractivity contribution in [1.82, 2.24) is 5.32 Å². The van der Waals surface area contributed by atoms with Gasteiger partial charge < -0.3 is 5.32 Å². The summed E-state index contributed by atoms with van der Waals surface area (Å²) in [4.78, 5) is 11.9. The summed E-state index contributed by atoms with van der Waals surface area (Å²) < 4.78 is 13.7. The van der Waals surface area contributed by atoms with E-state index >= 15 is 0 Å². The number of halogens is 2. The summed E-state index contributed by atoms with van der Waals surface area (Å²) in [5.74, 6) is -0.633. The van der Waals surface area contributed by atoms with Crippen LogP contribution in [0.3, 0.4) is 0 Å². The molecule has 2 rings (SSSR count). The zero-order valence-electron chi connectivity index (χ0n) is 10.7. The molecule has 1 aromatic carbocycles. The minimum absolute atomic E-state index is 0.234. The van der Waals surface area contributed by atoms with Gasteiger partial charge in [0.25, 0.3) is 5.91 Å². The van der Waals surface area contributed by atoms with E-state index in [1.165, 1.54) is 30.5 Å². The van der Waals surface area contributed by atoms with E-state index in [1.54, 1.807) is 6.07 Å². The number of carbonyl (C=O) groups is 1. The van der Waals surface area contributed by atoms with Gasteiger partial charge in [0, 0.05) is 11.0 Å². The molecule has 0 radical (unpaired) electrons. The van der Waals surface area contributed by atoms with Gasteiger partial charge in [-0.15, -0.1) is 0 Å². The van der Waals surface area contributed by atoms with Crippen molar-refractivity contribution in [3.05, 3.63) is 45.7 Å². The molecule has 0 aromatic heterocycles. The highest BCUT2D eigenvalue weighted by Gasteiger charge is 2.11. The summed E-state index contributed by atoms with van der Waals surface area (Å²) in [6.07, 6.45) is 7.96. The van der Waals surface area contributed by atoms with Gasteiger partial charge in [-0.1, -0.05) is 11.6 Å². The minimum Gasteiger partial charge on any atom is -0.352 e. The van der Waals surface area contributed by atoms with Crippen LogP contribution in [0.15, 0.2) is 34.3 Å². The molecular formula is C15H17BrFNO. The number of allylic oxidation sites excluding steroid dienone is 1. The fraction of sp³-hybridized carbons (Fsp3) is 0.400. The number of rotatable bonds is 4. The average molecular weight is 326 g/mol. The maximum absolute atomic E-state index is 13.1. The first-order chi connectivity index (χ1) is 9.16. The predicted octanol–water partition coefficient (Wildman–Crippen LogP) is 4.21. The summed E-state index contributed by atoms with van der Waals surface area (Å²) in [5, 5.41) is 2.84. The predicted molar refractivity (Wildman–Crippen MR) is 77.6 cm³/mol. The lowest BCUT2D eigenvalue weighted by atomic mass is 9.97. The number of benzene rings is 1. The van der Waals surface area contributed by atoms with Crippen LogP contribution in [-0.4, -0.2) is 12.5 Å². The van der Waals surface area contributed by atoms with Gasteiger partial charge in [0.05, 0.1) is 5.56 Å². The van der Waals surface area contributed by atoms with Gasteiger partial charge >= 0.3 is 0 Å². The Hall–Kier alpha value is -1.16. The standard InChI is InChI=1S/C15H17BrFNO/c16-14-7-6-12(17)10-13(14)15(19)18-9-8-11-4-2-1-3-5-11/h4,6-7,10H,1-3,5,8-9H2,(H,18,19). The first-order valence-corrected chi connectivity index (χ1v) is 7.37. The smallest absolute Gasteiger partial charge is 0.252 e. The third kappa shape index (κ3) is 4.16. The van der Waals surface area contributed by atoms with Crippen LogP contribution in [0, 0.1) is 5.82 Å². The summed E-state index contributed by atoms with van der Waals surface area (Å²) >= 11 is 3.26. The van der Waals surface area contributed by atoms with Crippen molar-refractivity contribution in [3.63, 3.8) is 0 Å². The van der Waals surface area contributed by atoms with Crippen LogP contribution in [-0.2, 0) is 0 Å². The van der Waals surface area contributed by atoms with E-state index in [0.29, 0.717) is 16.6 Å². The Labute approximate surface area is 121 Å². The van der Waals surface area contributed by atoms with Crippen molar-refractivity contribution < 1.29 is 9.18 Å². The molecule has 4 heteroatoms. The Bertz CT molecular complexity index is 499. The zero-order valence-corrected chi connectivity index (χ0v) is 12.3. The largest absolute Gasteiger partial charge is 0.352 e. The van der Waals surface area contributed by atoms with Crippen molar-refractivity contribution in [2.24, 2.45) is 0 Å². The van der Waals surface area contributed by atoms with Gasteiger partial charge in [-0.2, -0.15) is 0 Å². The molecule has 0 unspecified atom stereocenters. The number of nitrogens with one attached hydrogen (secondary N) is 1. The topological polar surface area (TPSA) is 29.1 Å². The van der Waals surface area contributed by atoms with Crippen LogP contribution in [0.5, 0.6) is 0 Å². The first kappa shape index (κ1) is 14.3. The van der Waals surface area contributed by atoms with E-state index in [0.717, 1.165) is 19.3 Å². The highest BCUT2D eigenvalue weighted by Crippen LogP contribution is 2.20. The second-order valence-electron chi connectivity index (χ2n) is 4.74. The Balaban J connectivity index is 1.87. The molecule has 1 amide bonds. The number of hydrogen-bond acceptors (Lipinski definition) is 1. The molecule has 0 aliphatic heterocycles. The van der Waals surface area contributed by atoms with Crippen LogP contribution in [0.1, 0.15) is 42.5 Å². The minimum atomic E-state index is -0.400. The molecule has 0 bridgehead atoms. The second-order valence-corrected chi connectivity index (χ2v) is 5.59. The Morgan fingerprint density at radius 3 is 2.95 bits per heavy atom. The number of hydrogen-bond donors (Lipinski definition) is 1. The van der Waals surface area contributed by atoms with Crippen molar-refractivity contribution >= 4 is 21.8 Å². The van der Waals surface area contributed by atoms with Gasteiger partial charge in [-0.3, -0.25) is 4.79 Å². The Morgan fingerprint density at radius 2 is 2.21 bits per heavy atom. The lowest BCUT2D eigenvalue weighted by molar-refractivity contribution is 0.0953. The highest BCUT2D eigenvalue weighted by molar-refractivity contribution is 9.10. The molecule has 0 saturated carbocycles. The summed E-state index contributed by atoms with van der Waals surface area (Å²) in [7, 11) is 0. The zero-order chi connectivity index (χ0) is 13.7. The van der Waals surface area contributed by atoms with Gasteiger partial charge in [-0.25, -0.2) is 4.39 Å². The maximum atomic E-state index is 13.1. The summed E-state index contributed by atoms with van der Waals surface area (Å²) in [5.41, 5.74) is 1.77. The molecule has 0 heterocycles. The van der Waals surface area contributed by atoms with Crippen molar-refractivity contribution in [1.29, 1.82) is 0 Å². The molecule has 1 aliphatic rings. The van der Waals surface area contributed by atoms with Gasteiger partial charge in [0.15, 0.2) is 0 Å². The SMILES string of the molecule is O=C(NCCC1=CCCCC1)c1cc(F)ccc1Br. The summed E-state index contributed by atoms with van der Waals surface area (Å²) in [6, 6.07) is 4.13. The summed E-state index contributed by atoms with van der Waals surface area (Å²) in [6.45, 7) is 0.605. The molecule has 19 heavy (non-hydrogen) atoms. The fourth-order valence-corrected chi connectivity index (χ4v) is 2.66. The Kier molecular flexibility index (Phi) is 5.14. The molecule has 102 valence electrons. The van der Waals surface area contributed by atoms with E-state index in [2.05, 4.69) is 27.3 Å². The van der Waals surface area contributed by atoms with Crippen LogP contribution in [0.4, 0.5) is 4.39 Å². The molecule has 1 aliphatic carbocycles. The van der Waals surface area contributed by atoms with Crippen LogP contribution in [0.25, 0.3) is 0 Å². The third-order valence-electron chi connectivity index (χ3n) is 3.29. The van der Waals surface area contributed by atoms with E-state index in [4.69, 9.17) is 0 Å². The monoisotopic (exact) mass is 325 g/mol. The Morgan fingerprint density at radius 1 is 1.37 bits per heavy atom. The average Bonchev–Trinajstić information content (AvgIpc) is 2.42. The highest BCUT2D eigenvalue weighted by atomic mass is 79.9. The number of carbonyl (C=O) groups excluding carboxylic acids is 1. The maximum Gasteiger partial charge on any atom is 0.252 e. The number of amides is 1. The fourth-order valence-electron chi connectivity index (χ4n) is 2.24. The lowest BCUT2D eigenvalue weighted by Crippen LogP contribution is -2.25.